The third-order valence-electron chi connectivity index (χ3n) is 8.37. The Labute approximate surface area is 241 Å². The van der Waals surface area contributed by atoms with Gasteiger partial charge in [-0.15, -0.1) is 11.3 Å². The second-order valence-corrected chi connectivity index (χ2v) is 11.6. The molecule has 0 unspecified atom stereocenters. The Morgan fingerprint density at radius 2 is 1.07 bits per heavy atom. The molecule has 0 atom stereocenters. The van der Waals surface area contributed by atoms with Crippen LogP contribution in [0.25, 0.3) is 86.8 Å². The number of hydrogen-bond acceptors (Lipinski definition) is 3. The summed E-state index contributed by atoms with van der Waals surface area (Å²) >= 11 is 1.88. The maximum absolute atomic E-state index is 4.88. The van der Waals surface area contributed by atoms with Crippen molar-refractivity contribution >= 4 is 42.5 Å². The molecule has 8 aromatic rings. The highest BCUT2D eigenvalue weighted by atomic mass is 32.1. The largest absolute Gasteiger partial charge is 0.253 e. The fourth-order valence-corrected chi connectivity index (χ4v) is 7.80. The van der Waals surface area contributed by atoms with E-state index in [1.165, 1.54) is 70.2 Å². The molecule has 190 valence electrons. The Morgan fingerprint density at radius 3 is 1.93 bits per heavy atom. The molecule has 0 N–H and O–H groups in total. The highest BCUT2D eigenvalue weighted by Gasteiger charge is 2.24. The van der Waals surface area contributed by atoms with Crippen molar-refractivity contribution in [2.45, 2.75) is 0 Å². The van der Waals surface area contributed by atoms with Gasteiger partial charge < -0.3 is 0 Å². The predicted octanol–water partition coefficient (Wildman–Crippen LogP) is 10.6. The van der Waals surface area contributed by atoms with Crippen LogP contribution in [0.2, 0.25) is 0 Å². The van der Waals surface area contributed by atoms with E-state index in [0.29, 0.717) is 0 Å². The van der Waals surface area contributed by atoms with E-state index in [1.807, 2.05) is 11.3 Å². The molecule has 0 fully saturated rings. The lowest BCUT2D eigenvalue weighted by atomic mass is 9.79. The molecule has 0 aliphatic heterocycles. The van der Waals surface area contributed by atoms with Crippen LogP contribution in [0.4, 0.5) is 0 Å². The van der Waals surface area contributed by atoms with Crippen LogP contribution < -0.4 is 0 Å². The van der Waals surface area contributed by atoms with Gasteiger partial charge in [-0.25, -0.2) is 0 Å². The first kappa shape index (κ1) is 22.7. The standard InChI is InChI=1S/C38H22N2S/c1-2-9-26-25(8-1)27-10-3-4-12-30(27)36-31(18-19-34-37(36)40-21-20-39-34)33-22-23(16-17-28(26)33)24-13-7-14-32-29-11-5-6-15-35(29)41-38(24)32/h1-22H. The van der Waals surface area contributed by atoms with E-state index in [2.05, 4.69) is 126 Å². The molecule has 2 nitrogen and oxygen atoms in total. The average molecular weight is 539 g/mol. The second kappa shape index (κ2) is 8.69. The van der Waals surface area contributed by atoms with Gasteiger partial charge in [-0.1, -0.05) is 103 Å². The van der Waals surface area contributed by atoms with E-state index in [9.17, 15) is 0 Å². The molecule has 9 rings (SSSR count). The molecular weight excluding hydrogens is 516 g/mol. The fraction of sp³-hybridized carbons (Fsp3) is 0. The maximum atomic E-state index is 4.88. The van der Waals surface area contributed by atoms with Crippen molar-refractivity contribution in [3.63, 3.8) is 0 Å². The van der Waals surface area contributed by atoms with Crippen LogP contribution in [0.15, 0.2) is 134 Å². The smallest absolute Gasteiger partial charge is 0.0971 e. The summed E-state index contributed by atoms with van der Waals surface area (Å²) in [7, 11) is 0. The van der Waals surface area contributed by atoms with Crippen LogP contribution in [-0.2, 0) is 0 Å². The van der Waals surface area contributed by atoms with Gasteiger partial charge in [0.05, 0.1) is 11.0 Å². The maximum Gasteiger partial charge on any atom is 0.0971 e. The van der Waals surface area contributed by atoms with Gasteiger partial charge in [0.15, 0.2) is 0 Å². The molecule has 41 heavy (non-hydrogen) atoms. The van der Waals surface area contributed by atoms with Gasteiger partial charge in [-0.2, -0.15) is 0 Å². The zero-order chi connectivity index (χ0) is 26.9. The van der Waals surface area contributed by atoms with Crippen LogP contribution in [0.5, 0.6) is 0 Å². The summed E-state index contributed by atoms with van der Waals surface area (Å²) in [6.45, 7) is 0. The zero-order valence-electron chi connectivity index (χ0n) is 22.0. The van der Waals surface area contributed by atoms with Crippen molar-refractivity contribution < 1.29 is 0 Å². The normalized spacial score (nSPS) is 11.9. The van der Waals surface area contributed by atoms with Gasteiger partial charge in [0, 0.05) is 38.1 Å². The lowest BCUT2D eigenvalue weighted by Crippen LogP contribution is -1.99. The molecular formula is C38H22N2S. The molecule has 2 heterocycles. The monoisotopic (exact) mass is 538 g/mol. The summed E-state index contributed by atoms with van der Waals surface area (Å²) in [5, 5.41) is 2.64. The second-order valence-electron chi connectivity index (χ2n) is 10.5. The number of aromatic nitrogens is 2. The molecule has 0 saturated heterocycles. The van der Waals surface area contributed by atoms with E-state index in [-0.39, 0.29) is 0 Å². The molecule has 6 aromatic carbocycles. The molecule has 1 aliphatic carbocycles. The quantitative estimate of drug-likeness (QED) is 0.208. The van der Waals surface area contributed by atoms with E-state index in [4.69, 9.17) is 4.98 Å². The summed E-state index contributed by atoms with van der Waals surface area (Å²) in [4.78, 5) is 9.56. The van der Waals surface area contributed by atoms with Crippen molar-refractivity contribution in [3.8, 4) is 55.6 Å². The van der Waals surface area contributed by atoms with Crippen molar-refractivity contribution in [1.29, 1.82) is 0 Å². The number of thiophene rings is 1. The predicted molar refractivity (Wildman–Crippen MR) is 173 cm³/mol. The summed E-state index contributed by atoms with van der Waals surface area (Å²) in [6, 6.07) is 44.2. The molecule has 0 amide bonds. The molecule has 3 heteroatoms. The summed E-state index contributed by atoms with van der Waals surface area (Å²) in [6.07, 6.45) is 3.58. The number of benzene rings is 6. The number of nitrogens with zero attached hydrogens (tertiary/aromatic N) is 2. The third kappa shape index (κ3) is 3.30. The highest BCUT2D eigenvalue weighted by Crippen LogP contribution is 2.50. The SMILES string of the molecule is c1ccc2c(c1)-c1ccc(-c3cccc4c3sc3ccccc34)cc1-c1ccc3nccnc3c1-c1ccccc1-2. The molecule has 0 bridgehead atoms. The fourth-order valence-electron chi connectivity index (χ4n) is 6.57. The van der Waals surface area contributed by atoms with Gasteiger partial charge in [-0.05, 0) is 68.3 Å². The Balaban J connectivity index is 1.41. The molecule has 0 saturated carbocycles. The number of fused-ring (bicyclic) bond motifs is 13. The minimum Gasteiger partial charge on any atom is -0.253 e. The van der Waals surface area contributed by atoms with Gasteiger partial charge >= 0.3 is 0 Å². The Bertz CT molecular complexity index is 2330. The van der Waals surface area contributed by atoms with E-state index < -0.39 is 0 Å². The topological polar surface area (TPSA) is 25.8 Å². The van der Waals surface area contributed by atoms with E-state index in [0.717, 1.165) is 16.6 Å². The molecule has 0 spiro atoms. The summed E-state index contributed by atoms with van der Waals surface area (Å²) in [5.74, 6) is 0. The third-order valence-corrected chi connectivity index (χ3v) is 9.59. The first-order chi connectivity index (χ1) is 20.3. The summed E-state index contributed by atoms with van der Waals surface area (Å²) < 4.78 is 2.65. The van der Waals surface area contributed by atoms with Gasteiger partial charge in [0.25, 0.3) is 0 Å². The first-order valence-corrected chi connectivity index (χ1v) is 14.6. The van der Waals surface area contributed by atoms with E-state index in [1.54, 1.807) is 12.4 Å². The Hall–Kier alpha value is -5.12. The van der Waals surface area contributed by atoms with Crippen molar-refractivity contribution in [1.82, 2.24) is 9.97 Å². The Kier molecular flexibility index (Phi) is 4.80. The van der Waals surface area contributed by atoms with Crippen molar-refractivity contribution in [2.75, 3.05) is 0 Å². The van der Waals surface area contributed by atoms with Crippen LogP contribution in [0.1, 0.15) is 0 Å². The molecule has 1 aliphatic rings. The lowest BCUT2D eigenvalue weighted by Gasteiger charge is -2.24. The minimum atomic E-state index is 0.905. The van der Waals surface area contributed by atoms with Crippen LogP contribution >= 0.6 is 11.3 Å². The first-order valence-electron chi connectivity index (χ1n) is 13.8. The highest BCUT2D eigenvalue weighted by molar-refractivity contribution is 7.26. The van der Waals surface area contributed by atoms with Crippen molar-refractivity contribution in [2.24, 2.45) is 0 Å². The van der Waals surface area contributed by atoms with E-state index >= 15 is 0 Å². The number of hydrogen-bond donors (Lipinski definition) is 0. The van der Waals surface area contributed by atoms with Crippen LogP contribution in [0, 0.1) is 0 Å². The Morgan fingerprint density at radius 1 is 0.439 bits per heavy atom. The average Bonchev–Trinajstić information content (AvgIpc) is 3.42. The summed E-state index contributed by atoms with van der Waals surface area (Å²) in [5.41, 5.74) is 14.0. The van der Waals surface area contributed by atoms with Gasteiger partial charge in [-0.3, -0.25) is 9.97 Å². The number of rotatable bonds is 1. The van der Waals surface area contributed by atoms with Crippen molar-refractivity contribution in [3.05, 3.63) is 134 Å². The molecule has 2 aromatic heterocycles. The van der Waals surface area contributed by atoms with Crippen LogP contribution in [-0.4, -0.2) is 9.97 Å². The van der Waals surface area contributed by atoms with Gasteiger partial charge in [0.1, 0.15) is 0 Å². The molecule has 0 radical (unpaired) electrons. The zero-order valence-corrected chi connectivity index (χ0v) is 22.8. The minimum absolute atomic E-state index is 0.905. The van der Waals surface area contributed by atoms with Crippen LogP contribution in [0.3, 0.4) is 0 Å². The lowest BCUT2D eigenvalue weighted by molar-refractivity contribution is 1.29. The van der Waals surface area contributed by atoms with Gasteiger partial charge in [0.2, 0.25) is 0 Å².